The molecule has 1 saturated carbocycles. The van der Waals surface area contributed by atoms with E-state index in [2.05, 4.69) is 11.2 Å². The average molecular weight is 323 g/mol. The van der Waals surface area contributed by atoms with Gasteiger partial charge in [0.05, 0.1) is 11.2 Å². The Kier molecular flexibility index (Phi) is 5.56. The summed E-state index contributed by atoms with van der Waals surface area (Å²) in [6, 6.07) is 1.55. The molecule has 0 saturated heterocycles. The van der Waals surface area contributed by atoms with Crippen molar-refractivity contribution in [3.63, 3.8) is 0 Å². The fraction of sp³-hybridized carbons (Fsp3) is 0.471. The standard InChI is InChI=1S/C17H19F2NO3/c1-2-8-23-15-10-13(18)12(9-14(15)19)16(21)20-11-17(22)6-4-3-5-7-17/h1,9-10,22H,3-8,11H2,(H,20,21). The van der Waals surface area contributed by atoms with Gasteiger partial charge in [0, 0.05) is 12.6 Å². The molecule has 0 bridgehead atoms. The number of rotatable bonds is 5. The quantitative estimate of drug-likeness (QED) is 0.818. The van der Waals surface area contributed by atoms with E-state index in [9.17, 15) is 18.7 Å². The van der Waals surface area contributed by atoms with Crippen molar-refractivity contribution in [2.45, 2.75) is 37.7 Å². The highest BCUT2D eigenvalue weighted by atomic mass is 19.1. The number of amides is 1. The maximum Gasteiger partial charge on any atom is 0.254 e. The second-order valence-electron chi connectivity index (χ2n) is 5.72. The van der Waals surface area contributed by atoms with Crippen molar-refractivity contribution in [2.24, 2.45) is 0 Å². The Morgan fingerprint density at radius 3 is 2.65 bits per heavy atom. The SMILES string of the molecule is C#CCOc1cc(F)c(C(=O)NCC2(O)CCCCC2)cc1F. The van der Waals surface area contributed by atoms with Crippen LogP contribution in [0.4, 0.5) is 8.78 Å². The Hall–Kier alpha value is -2.13. The van der Waals surface area contributed by atoms with Crippen LogP contribution in [0.1, 0.15) is 42.5 Å². The Balaban J connectivity index is 2.04. The fourth-order valence-electron chi connectivity index (χ4n) is 2.66. The van der Waals surface area contributed by atoms with Gasteiger partial charge in [-0.1, -0.05) is 25.2 Å². The highest BCUT2D eigenvalue weighted by Crippen LogP contribution is 2.27. The molecule has 1 aromatic carbocycles. The van der Waals surface area contributed by atoms with Crippen LogP contribution in [0, 0.1) is 24.0 Å². The number of carbonyl (C=O) groups is 1. The van der Waals surface area contributed by atoms with E-state index in [4.69, 9.17) is 11.2 Å². The molecule has 0 spiro atoms. The minimum atomic E-state index is -0.973. The minimum absolute atomic E-state index is 0.0161. The molecule has 0 aliphatic heterocycles. The number of carbonyl (C=O) groups excluding carboxylic acids is 1. The van der Waals surface area contributed by atoms with Gasteiger partial charge in [0.1, 0.15) is 12.4 Å². The first-order chi connectivity index (χ1) is 10.9. The molecule has 1 aromatic rings. The van der Waals surface area contributed by atoms with E-state index < -0.39 is 28.7 Å². The van der Waals surface area contributed by atoms with Gasteiger partial charge in [-0.15, -0.1) is 6.42 Å². The molecule has 1 amide bonds. The maximum absolute atomic E-state index is 13.9. The molecule has 2 rings (SSSR count). The van der Waals surface area contributed by atoms with E-state index in [0.717, 1.165) is 31.4 Å². The van der Waals surface area contributed by atoms with Gasteiger partial charge in [-0.3, -0.25) is 4.79 Å². The number of aliphatic hydroxyl groups is 1. The predicted octanol–water partition coefficient (Wildman–Crippen LogP) is 2.40. The van der Waals surface area contributed by atoms with Gasteiger partial charge < -0.3 is 15.2 Å². The molecule has 0 radical (unpaired) electrons. The van der Waals surface area contributed by atoms with E-state index >= 15 is 0 Å². The molecule has 23 heavy (non-hydrogen) atoms. The van der Waals surface area contributed by atoms with E-state index in [0.29, 0.717) is 12.8 Å². The van der Waals surface area contributed by atoms with Gasteiger partial charge in [-0.2, -0.15) is 0 Å². The summed E-state index contributed by atoms with van der Waals surface area (Å²) in [4.78, 5) is 12.0. The Bertz CT molecular complexity index is 619. The molecular weight excluding hydrogens is 304 g/mol. The average Bonchev–Trinajstić information content (AvgIpc) is 2.54. The first-order valence-electron chi connectivity index (χ1n) is 7.51. The van der Waals surface area contributed by atoms with E-state index in [1.807, 2.05) is 0 Å². The zero-order valence-corrected chi connectivity index (χ0v) is 12.7. The van der Waals surface area contributed by atoms with Crippen molar-refractivity contribution < 1.29 is 23.4 Å². The maximum atomic E-state index is 13.9. The third kappa shape index (κ3) is 4.42. The number of ether oxygens (including phenoxy) is 1. The van der Waals surface area contributed by atoms with Crippen molar-refractivity contribution in [2.75, 3.05) is 13.2 Å². The smallest absolute Gasteiger partial charge is 0.254 e. The topological polar surface area (TPSA) is 58.6 Å². The zero-order chi connectivity index (χ0) is 16.9. The molecule has 0 unspecified atom stereocenters. The van der Waals surface area contributed by atoms with Crippen molar-refractivity contribution in [3.05, 3.63) is 29.3 Å². The lowest BCUT2D eigenvalue weighted by atomic mass is 9.85. The highest BCUT2D eigenvalue weighted by Gasteiger charge is 2.30. The molecule has 1 fully saturated rings. The molecule has 2 N–H and O–H groups in total. The van der Waals surface area contributed by atoms with Crippen molar-refractivity contribution in [1.82, 2.24) is 5.32 Å². The van der Waals surface area contributed by atoms with Crippen LogP contribution in [-0.2, 0) is 0 Å². The van der Waals surface area contributed by atoms with Gasteiger partial charge in [-0.25, -0.2) is 8.78 Å². The summed E-state index contributed by atoms with van der Waals surface area (Å²) in [6.45, 7) is -0.183. The molecular formula is C17H19F2NO3. The molecule has 1 aliphatic rings. The lowest BCUT2D eigenvalue weighted by molar-refractivity contribution is 0.00521. The van der Waals surface area contributed by atoms with Gasteiger partial charge in [0.15, 0.2) is 11.6 Å². The third-order valence-electron chi connectivity index (χ3n) is 3.94. The molecule has 4 nitrogen and oxygen atoms in total. The van der Waals surface area contributed by atoms with Crippen molar-refractivity contribution in [1.29, 1.82) is 0 Å². The van der Waals surface area contributed by atoms with E-state index in [1.165, 1.54) is 0 Å². The normalized spacial score (nSPS) is 16.4. The predicted molar refractivity (Wildman–Crippen MR) is 81.1 cm³/mol. The van der Waals surface area contributed by atoms with Crippen LogP contribution in [0.2, 0.25) is 0 Å². The summed E-state index contributed by atoms with van der Waals surface area (Å²) < 4.78 is 32.6. The van der Waals surface area contributed by atoms with E-state index in [-0.39, 0.29) is 18.9 Å². The van der Waals surface area contributed by atoms with Crippen LogP contribution in [0.15, 0.2) is 12.1 Å². The van der Waals surface area contributed by atoms with Crippen LogP contribution >= 0.6 is 0 Å². The Morgan fingerprint density at radius 2 is 2.00 bits per heavy atom. The largest absolute Gasteiger partial charge is 0.478 e. The number of hydrogen-bond acceptors (Lipinski definition) is 3. The number of nitrogens with one attached hydrogen (secondary N) is 1. The van der Waals surface area contributed by atoms with Crippen LogP contribution in [0.5, 0.6) is 5.75 Å². The monoisotopic (exact) mass is 323 g/mol. The third-order valence-corrected chi connectivity index (χ3v) is 3.94. The summed E-state index contributed by atoms with van der Waals surface area (Å²) in [6.07, 6.45) is 8.98. The second kappa shape index (κ2) is 7.42. The minimum Gasteiger partial charge on any atom is -0.478 e. The van der Waals surface area contributed by atoms with Crippen LogP contribution in [0.3, 0.4) is 0 Å². The lowest BCUT2D eigenvalue weighted by Gasteiger charge is -2.32. The number of terminal acetylenes is 1. The molecule has 6 heteroatoms. The first kappa shape index (κ1) is 17.2. The van der Waals surface area contributed by atoms with Crippen molar-refractivity contribution in [3.8, 4) is 18.1 Å². The molecule has 1 aliphatic carbocycles. The summed E-state index contributed by atoms with van der Waals surface area (Å²) >= 11 is 0. The molecule has 0 heterocycles. The summed E-state index contributed by atoms with van der Waals surface area (Å²) in [5.41, 5.74) is -1.41. The summed E-state index contributed by atoms with van der Waals surface area (Å²) in [5, 5.41) is 12.8. The highest BCUT2D eigenvalue weighted by molar-refractivity contribution is 5.94. The molecule has 0 aromatic heterocycles. The van der Waals surface area contributed by atoms with E-state index in [1.54, 1.807) is 0 Å². The Morgan fingerprint density at radius 1 is 1.30 bits per heavy atom. The first-order valence-corrected chi connectivity index (χ1v) is 7.51. The fourth-order valence-corrected chi connectivity index (χ4v) is 2.66. The summed E-state index contributed by atoms with van der Waals surface area (Å²) in [5.74, 6) is -0.759. The summed E-state index contributed by atoms with van der Waals surface area (Å²) in [7, 11) is 0. The van der Waals surface area contributed by atoms with Gasteiger partial charge in [0.25, 0.3) is 5.91 Å². The second-order valence-corrected chi connectivity index (χ2v) is 5.72. The van der Waals surface area contributed by atoms with Gasteiger partial charge >= 0.3 is 0 Å². The lowest BCUT2D eigenvalue weighted by Crippen LogP contribution is -2.44. The number of benzene rings is 1. The zero-order valence-electron chi connectivity index (χ0n) is 12.7. The van der Waals surface area contributed by atoms with Crippen LogP contribution in [-0.4, -0.2) is 29.8 Å². The van der Waals surface area contributed by atoms with Crippen molar-refractivity contribution >= 4 is 5.91 Å². The van der Waals surface area contributed by atoms with Gasteiger partial charge in [0.2, 0.25) is 0 Å². The number of halogens is 2. The molecule has 124 valence electrons. The Labute approximate surface area is 133 Å². The number of hydrogen-bond donors (Lipinski definition) is 2. The van der Waals surface area contributed by atoms with Crippen LogP contribution < -0.4 is 10.1 Å². The molecule has 0 atom stereocenters. The van der Waals surface area contributed by atoms with Gasteiger partial charge in [-0.05, 0) is 18.9 Å². The van der Waals surface area contributed by atoms with Crippen LogP contribution in [0.25, 0.3) is 0 Å².